The lowest BCUT2D eigenvalue weighted by Gasteiger charge is -2.16. The van der Waals surface area contributed by atoms with Gasteiger partial charge in [0.05, 0.1) is 0 Å². The van der Waals surface area contributed by atoms with E-state index in [1.807, 2.05) is 4.90 Å². The summed E-state index contributed by atoms with van der Waals surface area (Å²) in [7, 11) is 0. The highest BCUT2D eigenvalue weighted by atomic mass is 79.9. The quantitative estimate of drug-likeness (QED) is 0.831. The van der Waals surface area contributed by atoms with Gasteiger partial charge >= 0.3 is 0 Å². The molecular weight excluding hydrogens is 284 g/mol. The predicted octanol–water partition coefficient (Wildman–Crippen LogP) is 1.54. The number of halogens is 1. The zero-order valence-electron chi connectivity index (χ0n) is 9.78. The van der Waals surface area contributed by atoms with Gasteiger partial charge in [0.2, 0.25) is 5.91 Å². The summed E-state index contributed by atoms with van der Waals surface area (Å²) in [5.74, 6) is 0.0297. The molecule has 1 fully saturated rings. The summed E-state index contributed by atoms with van der Waals surface area (Å²) in [6, 6.07) is 1.76. The Labute approximate surface area is 108 Å². The Morgan fingerprint density at radius 2 is 2.06 bits per heavy atom. The number of aryl methyl sites for hydroxylation is 1. The lowest BCUT2D eigenvalue weighted by Crippen LogP contribution is -2.34. The first kappa shape index (κ1) is 12.4. The minimum Gasteiger partial charge on any atom is -0.341 e. The van der Waals surface area contributed by atoms with Crippen molar-refractivity contribution in [2.45, 2.75) is 26.3 Å². The third-order valence-corrected chi connectivity index (χ3v) is 3.43. The average molecular weight is 299 g/mol. The Morgan fingerprint density at radius 3 is 2.71 bits per heavy atom. The van der Waals surface area contributed by atoms with Crippen molar-refractivity contribution in [3.8, 4) is 0 Å². The van der Waals surface area contributed by atoms with E-state index in [-0.39, 0.29) is 18.0 Å². The van der Waals surface area contributed by atoms with E-state index >= 15 is 0 Å². The fraction of sp³-hybridized carbons (Fsp3) is 0.500. The van der Waals surface area contributed by atoms with Crippen LogP contribution in [0.25, 0.3) is 0 Å². The Hall–Kier alpha value is -1.10. The maximum atomic E-state index is 11.9. The molecule has 0 bridgehead atoms. The van der Waals surface area contributed by atoms with Crippen LogP contribution < -0.4 is 5.56 Å². The second-order valence-electron chi connectivity index (χ2n) is 4.36. The number of nitrogens with zero attached hydrogens (tertiary/aromatic N) is 2. The second-order valence-corrected chi connectivity index (χ2v) is 5.28. The zero-order valence-corrected chi connectivity index (χ0v) is 11.4. The molecule has 0 saturated carbocycles. The summed E-state index contributed by atoms with van der Waals surface area (Å²) in [5.41, 5.74) is 0.550. The van der Waals surface area contributed by atoms with Gasteiger partial charge in [0.1, 0.15) is 6.54 Å². The number of pyridine rings is 1. The molecule has 0 aromatic carbocycles. The first-order valence-electron chi connectivity index (χ1n) is 5.72. The van der Waals surface area contributed by atoms with Crippen LogP contribution in [0.15, 0.2) is 21.5 Å². The third kappa shape index (κ3) is 2.77. The second kappa shape index (κ2) is 5.04. The molecule has 1 aromatic rings. The number of rotatable bonds is 2. The van der Waals surface area contributed by atoms with Crippen LogP contribution in [0.1, 0.15) is 18.4 Å². The fourth-order valence-electron chi connectivity index (χ4n) is 2.07. The van der Waals surface area contributed by atoms with Crippen LogP contribution in [0.4, 0.5) is 0 Å². The van der Waals surface area contributed by atoms with E-state index in [4.69, 9.17) is 0 Å². The van der Waals surface area contributed by atoms with Crippen LogP contribution in [0, 0.1) is 6.92 Å². The maximum Gasteiger partial charge on any atom is 0.253 e. The Morgan fingerprint density at radius 1 is 1.41 bits per heavy atom. The lowest BCUT2D eigenvalue weighted by atomic mass is 10.3. The predicted molar refractivity (Wildman–Crippen MR) is 69.0 cm³/mol. The maximum absolute atomic E-state index is 11.9. The van der Waals surface area contributed by atoms with Crippen LogP contribution in [0.5, 0.6) is 0 Å². The van der Waals surface area contributed by atoms with Crippen molar-refractivity contribution in [3.05, 3.63) is 32.7 Å². The molecule has 0 spiro atoms. The topological polar surface area (TPSA) is 42.3 Å². The van der Waals surface area contributed by atoms with Crippen LogP contribution in [0.3, 0.4) is 0 Å². The smallest absolute Gasteiger partial charge is 0.253 e. The molecule has 0 radical (unpaired) electrons. The minimum atomic E-state index is -0.0965. The summed E-state index contributed by atoms with van der Waals surface area (Å²) >= 11 is 3.34. The molecule has 0 unspecified atom stereocenters. The highest BCUT2D eigenvalue weighted by Crippen LogP contribution is 2.10. The van der Waals surface area contributed by atoms with Crippen molar-refractivity contribution in [1.29, 1.82) is 0 Å². The van der Waals surface area contributed by atoms with E-state index in [1.165, 1.54) is 4.57 Å². The van der Waals surface area contributed by atoms with Gasteiger partial charge in [0.25, 0.3) is 5.56 Å². The number of aromatic nitrogens is 1. The minimum absolute atomic E-state index is 0.0297. The number of amides is 1. The van der Waals surface area contributed by atoms with Crippen molar-refractivity contribution < 1.29 is 4.79 Å². The molecule has 1 aliphatic heterocycles. The van der Waals surface area contributed by atoms with Crippen molar-refractivity contribution in [3.63, 3.8) is 0 Å². The van der Waals surface area contributed by atoms with Gasteiger partial charge in [-0.1, -0.05) is 0 Å². The molecule has 92 valence electrons. The van der Waals surface area contributed by atoms with E-state index in [0.29, 0.717) is 5.56 Å². The monoisotopic (exact) mass is 298 g/mol. The van der Waals surface area contributed by atoms with E-state index < -0.39 is 0 Å². The Bertz CT molecular complexity index is 490. The Balaban J connectivity index is 2.18. The van der Waals surface area contributed by atoms with Gasteiger partial charge in [0, 0.05) is 29.3 Å². The highest BCUT2D eigenvalue weighted by Gasteiger charge is 2.18. The van der Waals surface area contributed by atoms with Gasteiger partial charge in [0.15, 0.2) is 0 Å². The molecule has 1 aromatic heterocycles. The molecule has 2 heterocycles. The van der Waals surface area contributed by atoms with Crippen molar-refractivity contribution in [2.75, 3.05) is 13.1 Å². The summed E-state index contributed by atoms with van der Waals surface area (Å²) in [6.07, 6.45) is 3.81. The summed E-state index contributed by atoms with van der Waals surface area (Å²) in [4.78, 5) is 25.6. The zero-order chi connectivity index (χ0) is 12.4. The first-order valence-corrected chi connectivity index (χ1v) is 6.51. The number of hydrogen-bond acceptors (Lipinski definition) is 2. The molecule has 17 heavy (non-hydrogen) atoms. The molecule has 1 aliphatic rings. The van der Waals surface area contributed by atoms with Crippen LogP contribution in [-0.4, -0.2) is 28.5 Å². The van der Waals surface area contributed by atoms with Crippen LogP contribution in [0.2, 0.25) is 0 Å². The largest absolute Gasteiger partial charge is 0.341 e. The van der Waals surface area contributed by atoms with E-state index in [1.54, 1.807) is 19.2 Å². The fourth-order valence-corrected chi connectivity index (χ4v) is 2.66. The molecule has 0 N–H and O–H groups in total. The van der Waals surface area contributed by atoms with Crippen molar-refractivity contribution in [1.82, 2.24) is 9.47 Å². The normalized spacial score (nSPS) is 15.3. The summed E-state index contributed by atoms with van der Waals surface area (Å²) in [6.45, 7) is 3.53. The van der Waals surface area contributed by atoms with E-state index in [9.17, 15) is 9.59 Å². The molecule has 0 atom stereocenters. The number of carbonyl (C=O) groups excluding carboxylic acids is 1. The average Bonchev–Trinajstić information content (AvgIpc) is 2.78. The Kier molecular flexibility index (Phi) is 3.66. The number of hydrogen-bond donors (Lipinski definition) is 0. The standard InChI is InChI=1S/C12H15BrN2O2/c1-9-6-10(13)7-15(12(9)17)8-11(16)14-4-2-3-5-14/h6-7H,2-5,8H2,1H3. The molecule has 4 nitrogen and oxygen atoms in total. The summed E-state index contributed by atoms with van der Waals surface area (Å²) < 4.78 is 2.30. The molecule has 1 amide bonds. The van der Waals surface area contributed by atoms with Gasteiger partial charge in [-0.05, 0) is 41.8 Å². The third-order valence-electron chi connectivity index (χ3n) is 3.00. The van der Waals surface area contributed by atoms with E-state index in [2.05, 4.69) is 15.9 Å². The first-order chi connectivity index (χ1) is 8.08. The van der Waals surface area contributed by atoms with Gasteiger partial charge < -0.3 is 9.47 Å². The van der Waals surface area contributed by atoms with Gasteiger partial charge in [-0.15, -0.1) is 0 Å². The lowest BCUT2D eigenvalue weighted by molar-refractivity contribution is -0.130. The van der Waals surface area contributed by atoms with Gasteiger partial charge in [-0.25, -0.2) is 0 Å². The number of likely N-dealkylation sites (tertiary alicyclic amines) is 1. The van der Waals surface area contributed by atoms with Crippen LogP contribution >= 0.6 is 15.9 Å². The highest BCUT2D eigenvalue weighted by molar-refractivity contribution is 9.10. The molecule has 1 saturated heterocycles. The number of carbonyl (C=O) groups is 1. The van der Waals surface area contributed by atoms with Crippen molar-refractivity contribution >= 4 is 21.8 Å². The van der Waals surface area contributed by atoms with E-state index in [0.717, 1.165) is 30.4 Å². The van der Waals surface area contributed by atoms with Crippen molar-refractivity contribution in [2.24, 2.45) is 0 Å². The van der Waals surface area contributed by atoms with Gasteiger partial charge in [-0.2, -0.15) is 0 Å². The molecule has 5 heteroatoms. The van der Waals surface area contributed by atoms with Crippen LogP contribution in [-0.2, 0) is 11.3 Å². The SMILES string of the molecule is Cc1cc(Br)cn(CC(=O)N2CCCC2)c1=O. The molecule has 0 aliphatic carbocycles. The summed E-state index contributed by atoms with van der Waals surface area (Å²) in [5, 5.41) is 0. The molecule has 2 rings (SSSR count). The molecular formula is C12H15BrN2O2. The van der Waals surface area contributed by atoms with Gasteiger partial charge in [-0.3, -0.25) is 9.59 Å².